The molecule has 1 unspecified atom stereocenters. The van der Waals surface area contributed by atoms with E-state index >= 15 is 0 Å². The predicted molar refractivity (Wildman–Crippen MR) is 122 cm³/mol. The SMILES string of the molecule is Cc1cn(C2C[C@H](OC(=O)c3ccc(C(F)(F)F)cc3)[C@@H](COC(=O)c3ccccc3)O2)c(=O)[nH]c1=O. The van der Waals surface area contributed by atoms with E-state index in [0.29, 0.717) is 0 Å². The molecule has 0 radical (unpaired) electrons. The molecule has 4 rings (SSSR count). The lowest BCUT2D eigenvalue weighted by Crippen LogP contribution is -2.33. The van der Waals surface area contributed by atoms with Gasteiger partial charge in [0.15, 0.2) is 0 Å². The summed E-state index contributed by atoms with van der Waals surface area (Å²) in [6.07, 6.45) is -6.33. The Hall–Kier alpha value is -4.19. The molecule has 0 saturated carbocycles. The van der Waals surface area contributed by atoms with Crippen LogP contribution in [0.25, 0.3) is 0 Å². The molecule has 9 nitrogen and oxygen atoms in total. The van der Waals surface area contributed by atoms with Gasteiger partial charge in [-0.15, -0.1) is 0 Å². The van der Waals surface area contributed by atoms with E-state index in [1.54, 1.807) is 30.3 Å². The van der Waals surface area contributed by atoms with Crippen molar-refractivity contribution in [3.05, 3.63) is 104 Å². The van der Waals surface area contributed by atoms with E-state index in [0.717, 1.165) is 28.8 Å². The van der Waals surface area contributed by atoms with Gasteiger partial charge in [-0.1, -0.05) is 18.2 Å². The van der Waals surface area contributed by atoms with E-state index in [1.165, 1.54) is 13.1 Å². The highest BCUT2D eigenvalue weighted by Gasteiger charge is 2.40. The van der Waals surface area contributed by atoms with Crippen molar-refractivity contribution in [2.75, 3.05) is 6.61 Å². The molecule has 12 heteroatoms. The van der Waals surface area contributed by atoms with Gasteiger partial charge in [-0.2, -0.15) is 13.2 Å². The Kier molecular flexibility index (Phi) is 7.30. The molecule has 1 fully saturated rings. The van der Waals surface area contributed by atoms with Crippen LogP contribution in [0.4, 0.5) is 13.2 Å². The van der Waals surface area contributed by atoms with Crippen LogP contribution >= 0.6 is 0 Å². The molecule has 0 spiro atoms. The lowest BCUT2D eigenvalue weighted by atomic mass is 10.1. The number of aromatic amines is 1. The molecular formula is C25H21F3N2O7. The Morgan fingerprint density at radius 2 is 1.68 bits per heavy atom. The maximum absolute atomic E-state index is 12.8. The first-order valence-electron chi connectivity index (χ1n) is 11.1. The number of carbonyl (C=O) groups is 2. The third-order valence-electron chi connectivity index (χ3n) is 5.73. The summed E-state index contributed by atoms with van der Waals surface area (Å²) in [5.41, 5.74) is -1.86. The van der Waals surface area contributed by atoms with Crippen LogP contribution < -0.4 is 11.2 Å². The lowest BCUT2D eigenvalue weighted by molar-refractivity contribution is -0.137. The minimum atomic E-state index is -4.56. The first-order chi connectivity index (χ1) is 17.5. The number of hydrogen-bond donors (Lipinski definition) is 1. The summed E-state index contributed by atoms with van der Waals surface area (Å²) in [6, 6.07) is 11.6. The number of nitrogens with zero attached hydrogens (tertiary/aromatic N) is 1. The molecule has 1 aliphatic heterocycles. The number of hydrogen-bond acceptors (Lipinski definition) is 7. The van der Waals surface area contributed by atoms with Gasteiger partial charge in [0, 0.05) is 18.2 Å². The third kappa shape index (κ3) is 5.97. The highest BCUT2D eigenvalue weighted by Crippen LogP contribution is 2.32. The second kappa shape index (κ2) is 10.4. The largest absolute Gasteiger partial charge is 0.459 e. The number of benzene rings is 2. The molecule has 1 N–H and O–H groups in total. The fourth-order valence-electron chi connectivity index (χ4n) is 3.76. The third-order valence-corrected chi connectivity index (χ3v) is 5.73. The number of alkyl halides is 3. The summed E-state index contributed by atoms with van der Waals surface area (Å²) < 4.78 is 56.3. The molecule has 1 aromatic heterocycles. The molecule has 1 saturated heterocycles. The number of aromatic nitrogens is 2. The van der Waals surface area contributed by atoms with E-state index in [-0.39, 0.29) is 29.7 Å². The summed E-state index contributed by atoms with van der Waals surface area (Å²) in [4.78, 5) is 51.3. The Bertz CT molecular complexity index is 1400. The Balaban J connectivity index is 1.53. The van der Waals surface area contributed by atoms with Gasteiger partial charge in [-0.3, -0.25) is 14.3 Å². The zero-order valence-electron chi connectivity index (χ0n) is 19.4. The number of carbonyl (C=O) groups excluding carboxylic acids is 2. The van der Waals surface area contributed by atoms with Crippen LogP contribution in [0.2, 0.25) is 0 Å². The van der Waals surface area contributed by atoms with Crippen molar-refractivity contribution in [1.82, 2.24) is 9.55 Å². The number of rotatable bonds is 6. The summed E-state index contributed by atoms with van der Waals surface area (Å²) in [5, 5.41) is 0. The predicted octanol–water partition coefficient (Wildman–Crippen LogP) is 3.23. The molecule has 3 atom stereocenters. The smallest absolute Gasteiger partial charge is 0.416 e. The topological polar surface area (TPSA) is 117 Å². The van der Waals surface area contributed by atoms with Crippen LogP contribution in [0.15, 0.2) is 70.4 Å². The van der Waals surface area contributed by atoms with E-state index < -0.39 is 53.4 Å². The van der Waals surface area contributed by atoms with E-state index in [1.807, 2.05) is 0 Å². The van der Waals surface area contributed by atoms with Gasteiger partial charge in [0.2, 0.25) is 0 Å². The van der Waals surface area contributed by atoms with Gasteiger partial charge in [0.1, 0.15) is 25.0 Å². The van der Waals surface area contributed by atoms with Gasteiger partial charge < -0.3 is 14.2 Å². The maximum Gasteiger partial charge on any atom is 0.416 e. The average molecular weight is 518 g/mol. The first kappa shape index (κ1) is 25.9. The van der Waals surface area contributed by atoms with E-state index in [2.05, 4.69) is 4.98 Å². The quantitative estimate of drug-likeness (QED) is 0.498. The molecule has 0 amide bonds. The summed E-state index contributed by atoms with van der Waals surface area (Å²) in [7, 11) is 0. The van der Waals surface area contributed by atoms with Crippen molar-refractivity contribution in [2.45, 2.75) is 38.0 Å². The molecule has 37 heavy (non-hydrogen) atoms. The number of H-pyrrole nitrogens is 1. The molecule has 1 aliphatic rings. The van der Waals surface area contributed by atoms with Gasteiger partial charge in [0.05, 0.1) is 16.7 Å². The van der Waals surface area contributed by atoms with Crippen molar-refractivity contribution in [1.29, 1.82) is 0 Å². The average Bonchev–Trinajstić information content (AvgIpc) is 3.26. The van der Waals surface area contributed by atoms with Crippen molar-refractivity contribution < 1.29 is 37.0 Å². The van der Waals surface area contributed by atoms with Crippen LogP contribution in [-0.4, -0.2) is 40.3 Å². The number of nitrogens with one attached hydrogen (secondary N) is 1. The zero-order chi connectivity index (χ0) is 26.7. The molecule has 0 aliphatic carbocycles. The van der Waals surface area contributed by atoms with Crippen LogP contribution in [0, 0.1) is 6.92 Å². The van der Waals surface area contributed by atoms with Crippen molar-refractivity contribution in [3.8, 4) is 0 Å². The van der Waals surface area contributed by atoms with Gasteiger partial charge >= 0.3 is 23.8 Å². The summed E-state index contributed by atoms with van der Waals surface area (Å²) in [5.74, 6) is -1.58. The van der Waals surface area contributed by atoms with Crippen LogP contribution in [0.5, 0.6) is 0 Å². The minimum absolute atomic E-state index is 0.0503. The van der Waals surface area contributed by atoms with Crippen molar-refractivity contribution >= 4 is 11.9 Å². The molecule has 3 aromatic rings. The minimum Gasteiger partial charge on any atom is -0.459 e. The molecule has 2 heterocycles. The number of ether oxygens (including phenoxy) is 3. The molecule has 2 aromatic carbocycles. The number of aryl methyl sites for hydroxylation is 1. The van der Waals surface area contributed by atoms with Crippen LogP contribution in [0.3, 0.4) is 0 Å². The van der Waals surface area contributed by atoms with Gasteiger partial charge in [0.25, 0.3) is 5.56 Å². The standard InChI is InChI=1S/C25H21F3N2O7/c1-14-12-30(24(34)29-21(14)31)20-11-18(19(36-20)13-35-22(32)15-5-3-2-4-6-15)37-23(33)16-7-9-17(10-8-16)25(26,27)28/h2-10,12,18-20H,11,13H2,1H3,(H,29,31,34)/t18-,19+,20?/m0/s1. The molecule has 194 valence electrons. The fourth-order valence-corrected chi connectivity index (χ4v) is 3.76. The summed E-state index contributed by atoms with van der Waals surface area (Å²) in [6.45, 7) is 1.15. The molecule has 0 bridgehead atoms. The molecular weight excluding hydrogens is 497 g/mol. The number of esters is 2. The first-order valence-corrected chi connectivity index (χ1v) is 11.1. The Labute approximate surface area is 207 Å². The van der Waals surface area contributed by atoms with E-state index in [9.17, 15) is 32.3 Å². The lowest BCUT2D eigenvalue weighted by Gasteiger charge is -2.19. The fraction of sp³-hybridized carbons (Fsp3) is 0.280. The Morgan fingerprint density at radius 1 is 1.03 bits per heavy atom. The van der Waals surface area contributed by atoms with E-state index in [4.69, 9.17) is 14.2 Å². The van der Waals surface area contributed by atoms with Crippen molar-refractivity contribution in [3.63, 3.8) is 0 Å². The van der Waals surface area contributed by atoms with Crippen LogP contribution in [0.1, 0.15) is 44.5 Å². The Morgan fingerprint density at radius 3 is 2.32 bits per heavy atom. The van der Waals surface area contributed by atoms with Crippen LogP contribution in [-0.2, 0) is 20.4 Å². The second-order valence-corrected chi connectivity index (χ2v) is 8.33. The normalized spacial score (nSPS) is 19.4. The maximum atomic E-state index is 12.8. The highest BCUT2D eigenvalue weighted by atomic mass is 19.4. The van der Waals surface area contributed by atoms with Gasteiger partial charge in [-0.25, -0.2) is 14.4 Å². The highest BCUT2D eigenvalue weighted by molar-refractivity contribution is 5.90. The second-order valence-electron chi connectivity index (χ2n) is 8.33. The van der Waals surface area contributed by atoms with Crippen molar-refractivity contribution in [2.24, 2.45) is 0 Å². The zero-order valence-corrected chi connectivity index (χ0v) is 19.4. The van der Waals surface area contributed by atoms with Gasteiger partial charge in [-0.05, 0) is 43.3 Å². The summed E-state index contributed by atoms with van der Waals surface area (Å²) >= 11 is 0. The number of halogens is 3. The monoisotopic (exact) mass is 518 g/mol.